The highest BCUT2D eigenvalue weighted by atomic mass is 35.5. The minimum Gasteiger partial charge on any atom is -0.461 e. The summed E-state index contributed by atoms with van der Waals surface area (Å²) in [5, 5.41) is -2.98. The van der Waals surface area contributed by atoms with Crippen molar-refractivity contribution >= 4 is 23.5 Å². The molecule has 0 radical (unpaired) electrons. The Hall–Kier alpha value is -1.51. The Morgan fingerprint density at radius 3 is 2.15 bits per heavy atom. The molecule has 1 N–H and O–H groups in total. The number of hydrogen-bond donors (Lipinski definition) is 1. The SMILES string of the molecule is CCOC(=O)C(NC(=O)C(F)(F)Cl)=C(C(F)F)N(C)C. The van der Waals surface area contributed by atoms with E-state index < -0.39 is 35.1 Å². The molecular formula is C10H13ClF4N2O3. The second kappa shape index (κ2) is 7.32. The van der Waals surface area contributed by atoms with Gasteiger partial charge in [-0.2, -0.15) is 8.78 Å². The Balaban J connectivity index is 5.65. The van der Waals surface area contributed by atoms with Crippen molar-refractivity contribution in [3.63, 3.8) is 0 Å². The summed E-state index contributed by atoms with van der Waals surface area (Å²) in [6.07, 6.45) is -3.20. The number of ether oxygens (including phenoxy) is 1. The number of rotatable bonds is 6. The summed E-state index contributed by atoms with van der Waals surface area (Å²) in [5.41, 5.74) is -2.06. The molecule has 0 heterocycles. The van der Waals surface area contributed by atoms with Crippen molar-refractivity contribution in [1.82, 2.24) is 10.2 Å². The van der Waals surface area contributed by atoms with Crippen LogP contribution in [0.15, 0.2) is 11.4 Å². The van der Waals surface area contributed by atoms with E-state index in [9.17, 15) is 27.2 Å². The van der Waals surface area contributed by atoms with Crippen LogP contribution in [0.1, 0.15) is 6.92 Å². The first-order valence-corrected chi connectivity index (χ1v) is 5.65. The van der Waals surface area contributed by atoms with E-state index in [0.29, 0.717) is 0 Å². The third kappa shape index (κ3) is 5.24. The van der Waals surface area contributed by atoms with E-state index in [-0.39, 0.29) is 6.61 Å². The highest BCUT2D eigenvalue weighted by Crippen LogP contribution is 2.21. The second-order valence-corrected chi connectivity index (χ2v) is 4.10. The third-order valence-electron chi connectivity index (χ3n) is 1.92. The summed E-state index contributed by atoms with van der Waals surface area (Å²) in [4.78, 5) is 23.3. The molecule has 0 aromatic rings. The maximum Gasteiger partial charge on any atom is 0.400 e. The molecule has 0 aliphatic rings. The summed E-state index contributed by atoms with van der Waals surface area (Å²) in [5.74, 6) is -3.48. The van der Waals surface area contributed by atoms with E-state index >= 15 is 0 Å². The molecule has 0 bridgehead atoms. The van der Waals surface area contributed by atoms with Crippen LogP contribution in [-0.4, -0.2) is 49.3 Å². The zero-order valence-corrected chi connectivity index (χ0v) is 11.6. The highest BCUT2D eigenvalue weighted by molar-refractivity contribution is 6.32. The van der Waals surface area contributed by atoms with Gasteiger partial charge in [0.1, 0.15) is 5.70 Å². The number of hydrogen-bond acceptors (Lipinski definition) is 4. The van der Waals surface area contributed by atoms with Crippen LogP contribution in [0.25, 0.3) is 0 Å². The van der Waals surface area contributed by atoms with Gasteiger partial charge in [-0.25, -0.2) is 13.6 Å². The molecule has 0 atom stereocenters. The quantitative estimate of drug-likeness (QED) is 0.349. The number of carbonyl (C=O) groups is 2. The van der Waals surface area contributed by atoms with Crippen LogP contribution in [0, 0.1) is 0 Å². The van der Waals surface area contributed by atoms with Crippen LogP contribution in [-0.2, 0) is 14.3 Å². The van der Waals surface area contributed by atoms with Gasteiger partial charge in [0.15, 0.2) is 5.70 Å². The number of allylic oxidation sites excluding steroid dienone is 1. The van der Waals surface area contributed by atoms with Gasteiger partial charge in [-0.1, -0.05) is 0 Å². The standard InChI is InChI=1S/C10H13ClF4N2O3/c1-4-20-8(18)5(6(7(12)13)17(2)3)16-9(19)10(11,14)15/h7H,4H2,1-3H3,(H,16,19). The summed E-state index contributed by atoms with van der Waals surface area (Å²) in [6.45, 7) is 1.19. The number of alkyl halides is 5. The first kappa shape index (κ1) is 18.5. The Bertz CT molecular complexity index is 398. The van der Waals surface area contributed by atoms with Gasteiger partial charge in [-0.15, -0.1) is 0 Å². The lowest BCUT2D eigenvalue weighted by atomic mass is 10.3. The first-order chi connectivity index (χ1) is 9.02. The number of halogens is 5. The Morgan fingerprint density at radius 1 is 1.35 bits per heavy atom. The van der Waals surface area contributed by atoms with Gasteiger partial charge in [0.2, 0.25) is 0 Å². The largest absolute Gasteiger partial charge is 0.461 e. The minimum atomic E-state index is -4.35. The van der Waals surface area contributed by atoms with Crippen molar-refractivity contribution in [2.75, 3.05) is 20.7 Å². The molecule has 10 heteroatoms. The van der Waals surface area contributed by atoms with Crippen molar-refractivity contribution in [2.45, 2.75) is 18.7 Å². The summed E-state index contributed by atoms with van der Waals surface area (Å²) < 4.78 is 55.3. The number of amides is 1. The van der Waals surface area contributed by atoms with Gasteiger partial charge in [0.25, 0.3) is 6.43 Å². The lowest BCUT2D eigenvalue weighted by Gasteiger charge is -2.21. The Kier molecular flexibility index (Phi) is 6.77. The van der Waals surface area contributed by atoms with Crippen molar-refractivity contribution < 1.29 is 31.9 Å². The van der Waals surface area contributed by atoms with Crippen LogP contribution in [0.4, 0.5) is 17.6 Å². The van der Waals surface area contributed by atoms with Gasteiger partial charge >= 0.3 is 17.3 Å². The molecule has 0 fully saturated rings. The minimum absolute atomic E-state index is 0.195. The molecule has 0 aliphatic heterocycles. The van der Waals surface area contributed by atoms with Crippen molar-refractivity contribution in [3.05, 3.63) is 11.4 Å². The molecule has 0 rings (SSSR count). The Labute approximate surface area is 117 Å². The van der Waals surface area contributed by atoms with Crippen molar-refractivity contribution in [1.29, 1.82) is 0 Å². The normalized spacial score (nSPS) is 12.8. The topological polar surface area (TPSA) is 58.6 Å². The van der Waals surface area contributed by atoms with E-state index in [1.54, 1.807) is 0 Å². The predicted molar refractivity (Wildman–Crippen MR) is 62.3 cm³/mol. The van der Waals surface area contributed by atoms with E-state index in [2.05, 4.69) is 16.3 Å². The molecule has 0 saturated heterocycles. The molecule has 20 heavy (non-hydrogen) atoms. The summed E-state index contributed by atoms with van der Waals surface area (Å²) in [7, 11) is 2.29. The molecule has 0 saturated carbocycles. The Morgan fingerprint density at radius 2 is 1.85 bits per heavy atom. The van der Waals surface area contributed by atoms with Crippen molar-refractivity contribution in [3.8, 4) is 0 Å². The van der Waals surface area contributed by atoms with E-state index in [1.807, 2.05) is 0 Å². The fourth-order valence-electron chi connectivity index (χ4n) is 1.14. The number of nitrogens with zero attached hydrogens (tertiary/aromatic N) is 1. The van der Waals surface area contributed by atoms with Crippen LogP contribution >= 0.6 is 11.6 Å². The zero-order chi connectivity index (χ0) is 16.1. The molecule has 0 aromatic carbocycles. The summed E-state index contributed by atoms with van der Waals surface area (Å²) >= 11 is 4.45. The van der Waals surface area contributed by atoms with Crippen LogP contribution in [0.5, 0.6) is 0 Å². The maximum atomic E-state index is 12.9. The second-order valence-electron chi connectivity index (χ2n) is 3.63. The molecule has 116 valence electrons. The molecule has 5 nitrogen and oxygen atoms in total. The number of nitrogens with one attached hydrogen (secondary N) is 1. The van der Waals surface area contributed by atoms with E-state index in [0.717, 1.165) is 19.0 Å². The van der Waals surface area contributed by atoms with Gasteiger partial charge < -0.3 is 15.0 Å². The average Bonchev–Trinajstić information content (AvgIpc) is 2.25. The van der Waals surface area contributed by atoms with Crippen LogP contribution < -0.4 is 5.32 Å². The number of esters is 1. The van der Waals surface area contributed by atoms with E-state index in [4.69, 9.17) is 0 Å². The van der Waals surface area contributed by atoms with Gasteiger partial charge in [-0.05, 0) is 18.5 Å². The highest BCUT2D eigenvalue weighted by Gasteiger charge is 2.39. The molecule has 0 aliphatic carbocycles. The first-order valence-electron chi connectivity index (χ1n) is 5.27. The monoisotopic (exact) mass is 320 g/mol. The fourth-order valence-corrected chi connectivity index (χ4v) is 1.18. The molecule has 0 unspecified atom stereocenters. The molecule has 0 aromatic heterocycles. The zero-order valence-electron chi connectivity index (χ0n) is 10.8. The smallest absolute Gasteiger partial charge is 0.400 e. The average molecular weight is 321 g/mol. The van der Waals surface area contributed by atoms with Gasteiger partial charge in [0.05, 0.1) is 6.61 Å². The summed E-state index contributed by atoms with van der Waals surface area (Å²) in [6, 6.07) is 0. The van der Waals surface area contributed by atoms with Crippen LogP contribution in [0.2, 0.25) is 0 Å². The van der Waals surface area contributed by atoms with E-state index in [1.165, 1.54) is 12.2 Å². The van der Waals surface area contributed by atoms with Crippen molar-refractivity contribution in [2.24, 2.45) is 0 Å². The van der Waals surface area contributed by atoms with Gasteiger partial charge in [-0.3, -0.25) is 4.79 Å². The molecule has 1 amide bonds. The number of carbonyl (C=O) groups excluding carboxylic acids is 2. The van der Waals surface area contributed by atoms with Gasteiger partial charge in [0, 0.05) is 14.1 Å². The predicted octanol–water partition coefficient (Wildman–Crippen LogP) is 1.54. The maximum absolute atomic E-state index is 12.9. The third-order valence-corrected chi connectivity index (χ3v) is 2.09. The lowest BCUT2D eigenvalue weighted by molar-refractivity contribution is -0.142. The molecular weight excluding hydrogens is 308 g/mol. The lowest BCUT2D eigenvalue weighted by Crippen LogP contribution is -2.41. The molecule has 0 spiro atoms. The fraction of sp³-hybridized carbons (Fsp3) is 0.600. The van der Waals surface area contributed by atoms with Crippen LogP contribution in [0.3, 0.4) is 0 Å².